The van der Waals surface area contributed by atoms with E-state index in [1.165, 1.54) is 11.3 Å². The highest BCUT2D eigenvalue weighted by molar-refractivity contribution is 7.14. The summed E-state index contributed by atoms with van der Waals surface area (Å²) >= 11 is 1.43. The number of benzene rings is 2. The molecule has 2 aromatic carbocycles. The standard InChI is InChI=1S/C20H20N2O3S/c1-14-9-10-17(18(11-14)24-3)25-12-19(23)22(16-7-5-4-6-8-16)20-21-15(2)13-26-20/h4-11,13H,12H2,1-3H3. The predicted molar refractivity (Wildman–Crippen MR) is 104 cm³/mol. The molecule has 0 aliphatic carbocycles. The highest BCUT2D eigenvalue weighted by Crippen LogP contribution is 2.30. The van der Waals surface area contributed by atoms with E-state index in [0.29, 0.717) is 16.6 Å². The van der Waals surface area contributed by atoms with Gasteiger partial charge in [-0.15, -0.1) is 11.3 Å². The molecule has 0 aliphatic rings. The molecular formula is C20H20N2O3S. The quantitative estimate of drug-likeness (QED) is 0.642. The van der Waals surface area contributed by atoms with Gasteiger partial charge in [0.15, 0.2) is 23.2 Å². The number of rotatable bonds is 6. The van der Waals surface area contributed by atoms with E-state index in [0.717, 1.165) is 16.9 Å². The number of thiazole rings is 1. The first kappa shape index (κ1) is 17.9. The van der Waals surface area contributed by atoms with Crippen molar-refractivity contribution in [2.75, 3.05) is 18.6 Å². The molecule has 0 spiro atoms. The zero-order valence-corrected chi connectivity index (χ0v) is 15.7. The summed E-state index contributed by atoms with van der Waals surface area (Å²) in [6.45, 7) is 3.76. The van der Waals surface area contributed by atoms with Crippen LogP contribution in [0.25, 0.3) is 0 Å². The number of amides is 1. The summed E-state index contributed by atoms with van der Waals surface area (Å²) in [4.78, 5) is 19.0. The normalized spacial score (nSPS) is 10.4. The van der Waals surface area contributed by atoms with Gasteiger partial charge in [-0.1, -0.05) is 24.3 Å². The maximum Gasteiger partial charge on any atom is 0.271 e. The molecule has 0 unspecified atom stereocenters. The van der Waals surface area contributed by atoms with E-state index in [-0.39, 0.29) is 12.5 Å². The molecule has 0 aliphatic heterocycles. The van der Waals surface area contributed by atoms with Crippen molar-refractivity contribution < 1.29 is 14.3 Å². The first-order valence-electron chi connectivity index (χ1n) is 8.16. The van der Waals surface area contributed by atoms with Crippen molar-refractivity contribution in [2.24, 2.45) is 0 Å². The van der Waals surface area contributed by atoms with Crippen LogP contribution in [0.15, 0.2) is 53.9 Å². The van der Waals surface area contributed by atoms with Crippen LogP contribution in [0.3, 0.4) is 0 Å². The lowest BCUT2D eigenvalue weighted by Crippen LogP contribution is -2.31. The lowest BCUT2D eigenvalue weighted by Gasteiger charge is -2.20. The van der Waals surface area contributed by atoms with Crippen molar-refractivity contribution in [3.8, 4) is 11.5 Å². The topological polar surface area (TPSA) is 51.7 Å². The van der Waals surface area contributed by atoms with Crippen LogP contribution in [-0.4, -0.2) is 24.6 Å². The molecule has 0 bridgehead atoms. The fraction of sp³-hybridized carbons (Fsp3) is 0.200. The van der Waals surface area contributed by atoms with Crippen molar-refractivity contribution in [1.29, 1.82) is 0 Å². The number of carbonyl (C=O) groups excluding carboxylic acids is 1. The summed E-state index contributed by atoms with van der Waals surface area (Å²) in [6, 6.07) is 15.0. The molecule has 134 valence electrons. The van der Waals surface area contributed by atoms with Gasteiger partial charge in [-0.2, -0.15) is 0 Å². The third kappa shape index (κ3) is 4.03. The fourth-order valence-electron chi connectivity index (χ4n) is 2.48. The largest absolute Gasteiger partial charge is 0.493 e. The molecule has 26 heavy (non-hydrogen) atoms. The summed E-state index contributed by atoms with van der Waals surface area (Å²) in [7, 11) is 1.58. The lowest BCUT2D eigenvalue weighted by atomic mass is 10.2. The number of anilines is 2. The minimum Gasteiger partial charge on any atom is -0.493 e. The minimum atomic E-state index is -0.201. The van der Waals surface area contributed by atoms with E-state index >= 15 is 0 Å². The molecule has 3 aromatic rings. The van der Waals surface area contributed by atoms with Crippen LogP contribution in [0.5, 0.6) is 11.5 Å². The third-order valence-corrected chi connectivity index (χ3v) is 4.68. The number of carbonyl (C=O) groups is 1. The number of nitrogens with zero attached hydrogens (tertiary/aromatic N) is 2. The lowest BCUT2D eigenvalue weighted by molar-refractivity contribution is -0.119. The molecule has 0 fully saturated rings. The van der Waals surface area contributed by atoms with Gasteiger partial charge < -0.3 is 9.47 Å². The van der Waals surface area contributed by atoms with E-state index in [9.17, 15) is 4.79 Å². The van der Waals surface area contributed by atoms with Gasteiger partial charge in [-0.25, -0.2) is 4.98 Å². The second-order valence-electron chi connectivity index (χ2n) is 5.78. The summed E-state index contributed by atoms with van der Waals surface area (Å²) in [5, 5.41) is 2.54. The van der Waals surface area contributed by atoms with Crippen molar-refractivity contribution in [1.82, 2.24) is 4.98 Å². The Hall–Kier alpha value is -2.86. The summed E-state index contributed by atoms with van der Waals surface area (Å²) in [5.41, 5.74) is 2.69. The van der Waals surface area contributed by atoms with Crippen molar-refractivity contribution >= 4 is 28.1 Å². The van der Waals surface area contributed by atoms with E-state index in [1.807, 2.05) is 67.8 Å². The molecule has 0 saturated carbocycles. The number of aryl methyl sites for hydroxylation is 2. The number of methoxy groups -OCH3 is 1. The molecule has 0 radical (unpaired) electrons. The minimum absolute atomic E-state index is 0.118. The van der Waals surface area contributed by atoms with Crippen LogP contribution in [0, 0.1) is 13.8 Å². The molecule has 6 heteroatoms. The Labute approximate surface area is 156 Å². The Morgan fingerprint density at radius 2 is 1.88 bits per heavy atom. The van der Waals surface area contributed by atoms with E-state index in [1.54, 1.807) is 12.0 Å². The van der Waals surface area contributed by atoms with Gasteiger partial charge in [0.2, 0.25) is 0 Å². The van der Waals surface area contributed by atoms with Crippen LogP contribution in [0.1, 0.15) is 11.3 Å². The van der Waals surface area contributed by atoms with Crippen molar-refractivity contribution in [2.45, 2.75) is 13.8 Å². The van der Waals surface area contributed by atoms with Crippen LogP contribution >= 0.6 is 11.3 Å². The molecule has 1 aromatic heterocycles. The maximum absolute atomic E-state index is 12.9. The summed E-state index contributed by atoms with van der Waals surface area (Å²) < 4.78 is 11.1. The third-order valence-electron chi connectivity index (χ3n) is 3.73. The SMILES string of the molecule is COc1cc(C)ccc1OCC(=O)N(c1ccccc1)c1nc(C)cs1. The average molecular weight is 368 g/mol. The highest BCUT2D eigenvalue weighted by Gasteiger charge is 2.21. The van der Waals surface area contributed by atoms with Crippen LogP contribution in [-0.2, 0) is 4.79 Å². The maximum atomic E-state index is 12.9. The van der Waals surface area contributed by atoms with E-state index in [4.69, 9.17) is 9.47 Å². The monoisotopic (exact) mass is 368 g/mol. The van der Waals surface area contributed by atoms with Crippen LogP contribution in [0.4, 0.5) is 10.8 Å². The molecule has 5 nitrogen and oxygen atoms in total. The van der Waals surface area contributed by atoms with Gasteiger partial charge in [0.05, 0.1) is 18.5 Å². The van der Waals surface area contributed by atoms with Gasteiger partial charge in [-0.3, -0.25) is 9.69 Å². The molecular weight excluding hydrogens is 348 g/mol. The Bertz CT molecular complexity index is 893. The Morgan fingerprint density at radius 1 is 1.12 bits per heavy atom. The first-order valence-corrected chi connectivity index (χ1v) is 9.04. The molecule has 3 rings (SSSR count). The molecule has 0 saturated heterocycles. The zero-order chi connectivity index (χ0) is 18.5. The average Bonchev–Trinajstić information content (AvgIpc) is 3.07. The first-order chi connectivity index (χ1) is 12.6. The van der Waals surface area contributed by atoms with Crippen molar-refractivity contribution in [3.63, 3.8) is 0 Å². The van der Waals surface area contributed by atoms with Gasteiger partial charge >= 0.3 is 0 Å². The number of hydrogen-bond acceptors (Lipinski definition) is 5. The van der Waals surface area contributed by atoms with Gasteiger partial charge in [-0.05, 0) is 43.7 Å². The fourth-order valence-corrected chi connectivity index (χ4v) is 3.32. The number of ether oxygens (including phenoxy) is 2. The Morgan fingerprint density at radius 3 is 2.54 bits per heavy atom. The van der Waals surface area contributed by atoms with Gasteiger partial charge in [0.25, 0.3) is 5.91 Å². The molecule has 1 amide bonds. The smallest absolute Gasteiger partial charge is 0.271 e. The molecule has 1 heterocycles. The highest BCUT2D eigenvalue weighted by atomic mass is 32.1. The summed E-state index contributed by atoms with van der Waals surface area (Å²) in [6.07, 6.45) is 0. The number of aromatic nitrogens is 1. The van der Waals surface area contributed by atoms with E-state index < -0.39 is 0 Å². The predicted octanol–water partition coefficient (Wildman–Crippen LogP) is 4.51. The Balaban J connectivity index is 1.83. The van der Waals surface area contributed by atoms with Crippen LogP contribution in [0.2, 0.25) is 0 Å². The number of hydrogen-bond donors (Lipinski definition) is 0. The Kier molecular flexibility index (Phi) is 5.53. The van der Waals surface area contributed by atoms with Crippen LogP contribution < -0.4 is 14.4 Å². The number of para-hydroxylation sites is 1. The van der Waals surface area contributed by atoms with Gasteiger partial charge in [0.1, 0.15) is 0 Å². The second-order valence-corrected chi connectivity index (χ2v) is 6.62. The van der Waals surface area contributed by atoms with Crippen molar-refractivity contribution in [3.05, 3.63) is 65.2 Å². The molecule has 0 atom stereocenters. The van der Waals surface area contributed by atoms with Gasteiger partial charge in [0, 0.05) is 5.38 Å². The van der Waals surface area contributed by atoms with E-state index in [2.05, 4.69) is 4.98 Å². The molecule has 0 N–H and O–H groups in total. The summed E-state index contributed by atoms with van der Waals surface area (Å²) in [5.74, 6) is 0.942. The second kappa shape index (κ2) is 8.01. The zero-order valence-electron chi connectivity index (χ0n) is 14.9.